The molecular weight excluding hydrogens is 366 g/mol. The number of aryl methyl sites for hydroxylation is 1. The molecule has 0 spiro atoms. The minimum atomic E-state index is -0.546. The highest BCUT2D eigenvalue weighted by atomic mass is 16.5. The van der Waals surface area contributed by atoms with E-state index in [1.54, 1.807) is 18.2 Å². The van der Waals surface area contributed by atoms with Gasteiger partial charge in [-0.05, 0) is 50.5 Å². The number of esters is 1. The summed E-state index contributed by atoms with van der Waals surface area (Å²) < 4.78 is 10.4. The lowest BCUT2D eigenvalue weighted by molar-refractivity contribution is -0.122. The van der Waals surface area contributed by atoms with E-state index in [2.05, 4.69) is 29.6 Å². The van der Waals surface area contributed by atoms with E-state index in [-0.39, 0.29) is 5.91 Å². The summed E-state index contributed by atoms with van der Waals surface area (Å²) in [4.78, 5) is 25.6. The van der Waals surface area contributed by atoms with E-state index in [9.17, 15) is 9.59 Å². The summed E-state index contributed by atoms with van der Waals surface area (Å²) in [5.41, 5.74) is 2.56. The molecule has 1 aliphatic carbocycles. The molecule has 3 rings (SSSR count). The summed E-state index contributed by atoms with van der Waals surface area (Å²) in [6, 6.07) is 13.3. The van der Waals surface area contributed by atoms with Crippen LogP contribution >= 0.6 is 0 Å². The van der Waals surface area contributed by atoms with Gasteiger partial charge < -0.3 is 14.8 Å². The number of ether oxygens (including phenoxy) is 2. The number of methoxy groups -OCH3 is 1. The highest BCUT2D eigenvalue weighted by Crippen LogP contribution is 2.40. The second-order valence-corrected chi connectivity index (χ2v) is 7.60. The molecule has 0 radical (unpaired) electrons. The lowest BCUT2D eigenvalue weighted by atomic mass is 9.68. The second kappa shape index (κ2) is 9.12. The predicted molar refractivity (Wildman–Crippen MR) is 114 cm³/mol. The van der Waals surface area contributed by atoms with Crippen LogP contribution in [0.2, 0.25) is 0 Å². The lowest BCUT2D eigenvalue weighted by Gasteiger charge is -2.36. The number of carbonyl (C=O) groups excluding carboxylic acids is 2. The monoisotopic (exact) mass is 395 g/mol. The fourth-order valence-electron chi connectivity index (χ4n) is 4.08. The molecule has 0 heterocycles. The number of rotatable bonds is 6. The molecule has 154 valence electrons. The topological polar surface area (TPSA) is 64.6 Å². The lowest BCUT2D eigenvalue weighted by Crippen LogP contribution is -2.42. The van der Waals surface area contributed by atoms with Crippen molar-refractivity contribution in [2.24, 2.45) is 0 Å². The Morgan fingerprint density at radius 3 is 2.34 bits per heavy atom. The third kappa shape index (κ3) is 4.44. The van der Waals surface area contributed by atoms with Gasteiger partial charge >= 0.3 is 5.97 Å². The van der Waals surface area contributed by atoms with Gasteiger partial charge in [0.25, 0.3) is 0 Å². The zero-order valence-corrected chi connectivity index (χ0v) is 17.4. The van der Waals surface area contributed by atoms with Crippen molar-refractivity contribution in [3.8, 4) is 5.75 Å². The summed E-state index contributed by atoms with van der Waals surface area (Å²) in [5.74, 6) is -0.0697. The number of anilines is 1. The summed E-state index contributed by atoms with van der Waals surface area (Å²) >= 11 is 0. The highest BCUT2D eigenvalue weighted by Gasteiger charge is 2.41. The first-order valence-corrected chi connectivity index (χ1v) is 10.2. The Morgan fingerprint density at radius 2 is 1.72 bits per heavy atom. The first kappa shape index (κ1) is 20.9. The summed E-state index contributed by atoms with van der Waals surface area (Å²) in [6.45, 7) is 4.34. The minimum absolute atomic E-state index is 0.0268. The number of benzene rings is 2. The maximum absolute atomic E-state index is 13.5. The average molecular weight is 395 g/mol. The standard InChI is InChI=1S/C24H29NO4/c1-4-29-21-13-12-19(16-20(21)22(26)28-3)25-23(27)24(14-6-5-7-15-24)18-10-8-17(2)9-11-18/h8-13,16H,4-7,14-15H2,1-3H3,(H,25,27). The number of carbonyl (C=O) groups is 2. The van der Waals surface area contributed by atoms with Gasteiger partial charge in [0.15, 0.2) is 0 Å². The van der Waals surface area contributed by atoms with Gasteiger partial charge in [-0.3, -0.25) is 4.79 Å². The van der Waals surface area contributed by atoms with Crippen LogP contribution in [0.25, 0.3) is 0 Å². The average Bonchev–Trinajstić information content (AvgIpc) is 2.75. The van der Waals surface area contributed by atoms with Crippen LogP contribution in [0.1, 0.15) is 60.5 Å². The number of hydrogen-bond acceptors (Lipinski definition) is 4. The highest BCUT2D eigenvalue weighted by molar-refractivity contribution is 6.01. The zero-order chi connectivity index (χ0) is 20.9. The van der Waals surface area contributed by atoms with E-state index in [1.807, 2.05) is 13.8 Å². The Hall–Kier alpha value is -2.82. The maximum Gasteiger partial charge on any atom is 0.341 e. The molecule has 2 aromatic rings. The molecule has 1 fully saturated rings. The smallest absolute Gasteiger partial charge is 0.341 e. The van der Waals surface area contributed by atoms with Crippen LogP contribution < -0.4 is 10.1 Å². The molecule has 2 aromatic carbocycles. The molecular formula is C24H29NO4. The van der Waals surface area contributed by atoms with Gasteiger partial charge in [-0.25, -0.2) is 4.79 Å². The molecule has 0 saturated heterocycles. The molecule has 5 heteroatoms. The third-order valence-electron chi connectivity index (χ3n) is 5.69. The van der Waals surface area contributed by atoms with Crippen molar-refractivity contribution >= 4 is 17.6 Å². The van der Waals surface area contributed by atoms with Crippen molar-refractivity contribution in [3.63, 3.8) is 0 Å². The Kier molecular flexibility index (Phi) is 6.57. The first-order valence-electron chi connectivity index (χ1n) is 10.2. The number of amides is 1. The van der Waals surface area contributed by atoms with Gasteiger partial charge in [0, 0.05) is 5.69 Å². The SMILES string of the molecule is CCOc1ccc(NC(=O)C2(c3ccc(C)cc3)CCCCC2)cc1C(=O)OC. The molecule has 0 aromatic heterocycles. The molecule has 0 aliphatic heterocycles. The van der Waals surface area contributed by atoms with Gasteiger partial charge in [-0.1, -0.05) is 49.1 Å². The van der Waals surface area contributed by atoms with E-state index in [0.29, 0.717) is 23.6 Å². The van der Waals surface area contributed by atoms with Gasteiger partial charge in [0.05, 0.1) is 19.1 Å². The minimum Gasteiger partial charge on any atom is -0.493 e. The molecule has 5 nitrogen and oxygen atoms in total. The molecule has 1 N–H and O–H groups in total. The quantitative estimate of drug-likeness (QED) is 0.698. The van der Waals surface area contributed by atoms with Crippen molar-refractivity contribution in [1.82, 2.24) is 0 Å². The normalized spacial score (nSPS) is 15.4. The Labute approximate surface area is 172 Å². The van der Waals surface area contributed by atoms with E-state index in [0.717, 1.165) is 37.7 Å². The van der Waals surface area contributed by atoms with Crippen LogP contribution in [0, 0.1) is 6.92 Å². The van der Waals surface area contributed by atoms with Crippen molar-refractivity contribution in [2.75, 3.05) is 19.0 Å². The van der Waals surface area contributed by atoms with Gasteiger partial charge in [-0.2, -0.15) is 0 Å². The van der Waals surface area contributed by atoms with Crippen molar-refractivity contribution in [3.05, 3.63) is 59.2 Å². The summed E-state index contributed by atoms with van der Waals surface area (Å²) in [7, 11) is 1.33. The van der Waals surface area contributed by atoms with Crippen molar-refractivity contribution in [1.29, 1.82) is 0 Å². The second-order valence-electron chi connectivity index (χ2n) is 7.60. The molecule has 1 saturated carbocycles. The molecule has 0 unspecified atom stereocenters. The molecule has 0 atom stereocenters. The van der Waals surface area contributed by atoms with Crippen LogP contribution in [0.15, 0.2) is 42.5 Å². The predicted octanol–water partition coefficient (Wildman–Crippen LogP) is 5.02. The van der Waals surface area contributed by atoms with Crippen molar-refractivity contribution < 1.29 is 19.1 Å². The van der Waals surface area contributed by atoms with Crippen LogP contribution in [0.5, 0.6) is 5.75 Å². The maximum atomic E-state index is 13.5. The van der Waals surface area contributed by atoms with Crippen LogP contribution in [0.4, 0.5) is 5.69 Å². The van der Waals surface area contributed by atoms with Gasteiger partial charge in [0.2, 0.25) is 5.91 Å². The number of hydrogen-bond donors (Lipinski definition) is 1. The van der Waals surface area contributed by atoms with Crippen LogP contribution in [-0.2, 0) is 14.9 Å². The molecule has 1 aliphatic rings. The fourth-order valence-corrected chi connectivity index (χ4v) is 4.08. The van der Waals surface area contributed by atoms with Crippen LogP contribution in [-0.4, -0.2) is 25.6 Å². The summed E-state index contributed by atoms with van der Waals surface area (Å²) in [5, 5.41) is 3.05. The first-order chi connectivity index (χ1) is 14.0. The molecule has 29 heavy (non-hydrogen) atoms. The van der Waals surface area contributed by atoms with Gasteiger partial charge in [0.1, 0.15) is 11.3 Å². The van der Waals surface area contributed by atoms with E-state index < -0.39 is 11.4 Å². The summed E-state index contributed by atoms with van der Waals surface area (Å²) in [6.07, 6.45) is 4.85. The fraction of sp³-hybridized carbons (Fsp3) is 0.417. The number of nitrogens with one attached hydrogen (secondary N) is 1. The molecule has 0 bridgehead atoms. The van der Waals surface area contributed by atoms with E-state index in [1.165, 1.54) is 12.7 Å². The third-order valence-corrected chi connectivity index (χ3v) is 5.69. The van der Waals surface area contributed by atoms with E-state index in [4.69, 9.17) is 9.47 Å². The van der Waals surface area contributed by atoms with Crippen LogP contribution in [0.3, 0.4) is 0 Å². The molecule has 1 amide bonds. The van der Waals surface area contributed by atoms with Crippen molar-refractivity contribution in [2.45, 2.75) is 51.4 Å². The Morgan fingerprint density at radius 1 is 1.03 bits per heavy atom. The Bertz CT molecular complexity index is 867. The van der Waals surface area contributed by atoms with E-state index >= 15 is 0 Å². The van der Waals surface area contributed by atoms with Gasteiger partial charge in [-0.15, -0.1) is 0 Å². The zero-order valence-electron chi connectivity index (χ0n) is 17.4. The largest absolute Gasteiger partial charge is 0.493 e. The Balaban J connectivity index is 1.92.